The molecule has 30 heavy (non-hydrogen) atoms. The fraction of sp³-hybridized carbons (Fsp3) is 0.500. The van der Waals surface area contributed by atoms with Gasteiger partial charge in [0.25, 0.3) is 0 Å². The van der Waals surface area contributed by atoms with E-state index in [4.69, 9.17) is 4.74 Å². The zero-order valence-electron chi connectivity index (χ0n) is 17.5. The van der Waals surface area contributed by atoms with Gasteiger partial charge in [-0.3, -0.25) is 9.59 Å². The maximum Gasteiger partial charge on any atom is 0.343 e. The minimum absolute atomic E-state index is 0.0335. The Balaban J connectivity index is 1.85. The molecule has 0 spiro atoms. The smallest absolute Gasteiger partial charge is 0.343 e. The summed E-state index contributed by atoms with van der Waals surface area (Å²) in [6.45, 7) is 6.25. The minimum atomic E-state index is -0.682. The largest absolute Gasteiger partial charge is 0.462 e. The molecule has 2 aromatic rings. The van der Waals surface area contributed by atoms with Gasteiger partial charge < -0.3 is 19.5 Å². The second-order valence-electron chi connectivity index (χ2n) is 8.09. The molecule has 160 valence electrons. The number of nitrogens with zero attached hydrogens (tertiary/aromatic N) is 2. The lowest BCUT2D eigenvalue weighted by Gasteiger charge is -2.24. The van der Waals surface area contributed by atoms with Crippen molar-refractivity contribution >= 4 is 28.5 Å². The highest BCUT2D eigenvalue weighted by Crippen LogP contribution is 2.40. The number of hydrogen-bond donors (Lipinski definition) is 1. The number of halogens is 1. The summed E-state index contributed by atoms with van der Waals surface area (Å²) in [6.07, 6.45) is 4.19. The normalized spacial score (nSPS) is 18.7. The van der Waals surface area contributed by atoms with E-state index in [1.165, 1.54) is 13.0 Å². The first-order valence-electron chi connectivity index (χ1n) is 10.4. The first-order valence-corrected chi connectivity index (χ1v) is 10.4. The lowest BCUT2D eigenvalue weighted by Crippen LogP contribution is -2.36. The van der Waals surface area contributed by atoms with E-state index >= 15 is 4.39 Å². The molecule has 2 heterocycles. The third-order valence-corrected chi connectivity index (χ3v) is 5.83. The quantitative estimate of drug-likeness (QED) is 0.760. The maximum absolute atomic E-state index is 15.2. The summed E-state index contributed by atoms with van der Waals surface area (Å²) in [5, 5.41) is 3.09. The number of rotatable bonds is 5. The summed E-state index contributed by atoms with van der Waals surface area (Å²) >= 11 is 0. The van der Waals surface area contributed by atoms with E-state index in [0.717, 1.165) is 19.3 Å². The van der Waals surface area contributed by atoms with Gasteiger partial charge in [0.2, 0.25) is 11.3 Å². The van der Waals surface area contributed by atoms with Gasteiger partial charge in [0.1, 0.15) is 11.4 Å². The first kappa shape index (κ1) is 20.4. The highest BCUT2D eigenvalue weighted by Gasteiger charge is 2.31. The Kier molecular flexibility index (Phi) is 5.26. The second-order valence-corrected chi connectivity index (χ2v) is 8.09. The van der Waals surface area contributed by atoms with Gasteiger partial charge in [0.05, 0.1) is 17.8 Å². The Hall–Kier alpha value is -2.90. The van der Waals surface area contributed by atoms with Crippen molar-refractivity contribution in [2.24, 2.45) is 0 Å². The maximum atomic E-state index is 15.2. The zero-order valence-corrected chi connectivity index (χ0v) is 17.5. The van der Waals surface area contributed by atoms with Gasteiger partial charge in [-0.2, -0.15) is 0 Å². The van der Waals surface area contributed by atoms with Crippen molar-refractivity contribution in [1.29, 1.82) is 0 Å². The number of carbonyl (C=O) groups is 2. The minimum Gasteiger partial charge on any atom is -0.462 e. The standard InChI is InChI=1S/C22H26FN3O4/c1-4-30-22(29)17-11-26(15-5-6-15)19-12(2)20(18(23)9-16(19)21(17)28)25-8-7-14(10-25)24-13(3)27/h9,11,14-15H,4-8,10H2,1-3H3,(H,24,27). The number of anilines is 1. The molecule has 1 aliphatic heterocycles. The Morgan fingerprint density at radius 3 is 2.67 bits per heavy atom. The van der Waals surface area contributed by atoms with Crippen molar-refractivity contribution in [3.8, 4) is 0 Å². The second kappa shape index (κ2) is 7.74. The number of pyridine rings is 1. The van der Waals surface area contributed by atoms with Crippen molar-refractivity contribution < 1.29 is 18.7 Å². The van der Waals surface area contributed by atoms with Gasteiger partial charge in [0.15, 0.2) is 0 Å². The SMILES string of the molecule is CCOC(=O)c1cn(C2CC2)c2c(C)c(N3CCC(NC(C)=O)C3)c(F)cc2c1=O. The van der Waals surface area contributed by atoms with E-state index in [2.05, 4.69) is 5.32 Å². The molecule has 1 amide bonds. The summed E-state index contributed by atoms with van der Waals surface area (Å²) in [7, 11) is 0. The van der Waals surface area contributed by atoms with Crippen LogP contribution in [0.1, 0.15) is 55.1 Å². The molecule has 7 nitrogen and oxygen atoms in total. The first-order chi connectivity index (χ1) is 14.3. The van der Waals surface area contributed by atoms with Gasteiger partial charge >= 0.3 is 5.97 Å². The highest BCUT2D eigenvalue weighted by atomic mass is 19.1. The van der Waals surface area contributed by atoms with Crippen molar-refractivity contribution in [3.63, 3.8) is 0 Å². The number of aryl methyl sites for hydroxylation is 1. The molecule has 1 N–H and O–H groups in total. The van der Waals surface area contributed by atoms with Crippen LogP contribution in [-0.2, 0) is 9.53 Å². The van der Waals surface area contributed by atoms with Crippen LogP contribution in [0.15, 0.2) is 17.1 Å². The molecular weight excluding hydrogens is 389 g/mol. The number of ether oxygens (including phenoxy) is 1. The molecule has 0 radical (unpaired) electrons. The molecule has 8 heteroatoms. The van der Waals surface area contributed by atoms with E-state index in [9.17, 15) is 14.4 Å². The average Bonchev–Trinajstić information content (AvgIpc) is 3.42. The van der Waals surface area contributed by atoms with E-state index < -0.39 is 17.2 Å². The van der Waals surface area contributed by atoms with Gasteiger partial charge in [-0.15, -0.1) is 0 Å². The molecule has 1 aliphatic carbocycles. The molecule has 1 saturated heterocycles. The van der Waals surface area contributed by atoms with Crippen LogP contribution in [0, 0.1) is 12.7 Å². The molecule has 1 aromatic heterocycles. The lowest BCUT2D eigenvalue weighted by molar-refractivity contribution is -0.119. The summed E-state index contributed by atoms with van der Waals surface area (Å²) in [5.74, 6) is -1.28. The van der Waals surface area contributed by atoms with Crippen LogP contribution in [0.4, 0.5) is 10.1 Å². The van der Waals surface area contributed by atoms with Crippen LogP contribution >= 0.6 is 0 Å². The zero-order chi connectivity index (χ0) is 21.6. The predicted octanol–water partition coefficient (Wildman–Crippen LogP) is 2.68. The summed E-state index contributed by atoms with van der Waals surface area (Å²) in [4.78, 5) is 38.6. The third-order valence-electron chi connectivity index (χ3n) is 5.83. The fourth-order valence-corrected chi connectivity index (χ4v) is 4.42. The molecule has 2 aliphatic rings. The number of amides is 1. The number of fused-ring (bicyclic) bond motifs is 1. The molecule has 1 atom stereocenters. The van der Waals surface area contributed by atoms with Crippen LogP contribution in [0.25, 0.3) is 10.9 Å². The number of nitrogens with one attached hydrogen (secondary N) is 1. The van der Waals surface area contributed by atoms with Crippen molar-refractivity contribution in [2.45, 2.75) is 52.1 Å². The van der Waals surface area contributed by atoms with Crippen molar-refractivity contribution in [3.05, 3.63) is 39.4 Å². The molecule has 1 saturated carbocycles. The van der Waals surface area contributed by atoms with Crippen LogP contribution in [0.2, 0.25) is 0 Å². The molecule has 1 aromatic carbocycles. The molecule has 0 bridgehead atoms. The van der Waals surface area contributed by atoms with Crippen LogP contribution in [0.5, 0.6) is 0 Å². The van der Waals surface area contributed by atoms with Crippen LogP contribution < -0.4 is 15.6 Å². The molecule has 1 unspecified atom stereocenters. The highest BCUT2D eigenvalue weighted by molar-refractivity contribution is 5.96. The predicted molar refractivity (Wildman–Crippen MR) is 112 cm³/mol. The van der Waals surface area contributed by atoms with Crippen molar-refractivity contribution in [1.82, 2.24) is 9.88 Å². The molecule has 2 fully saturated rings. The van der Waals surface area contributed by atoms with Gasteiger partial charge in [-0.05, 0) is 44.7 Å². The van der Waals surface area contributed by atoms with Gasteiger partial charge in [-0.25, -0.2) is 9.18 Å². The summed E-state index contributed by atoms with van der Waals surface area (Å²) < 4.78 is 22.2. The van der Waals surface area contributed by atoms with Crippen LogP contribution in [-0.4, -0.2) is 42.2 Å². The number of hydrogen-bond acceptors (Lipinski definition) is 5. The van der Waals surface area contributed by atoms with Crippen molar-refractivity contribution in [2.75, 3.05) is 24.6 Å². The Morgan fingerprint density at radius 2 is 2.03 bits per heavy atom. The monoisotopic (exact) mass is 415 g/mol. The molecular formula is C22H26FN3O4. The van der Waals surface area contributed by atoms with E-state index in [1.54, 1.807) is 13.1 Å². The van der Waals surface area contributed by atoms with Gasteiger partial charge in [-0.1, -0.05) is 0 Å². The van der Waals surface area contributed by atoms with E-state index in [0.29, 0.717) is 29.9 Å². The number of benzene rings is 1. The third kappa shape index (κ3) is 3.55. The lowest BCUT2D eigenvalue weighted by atomic mass is 10.0. The van der Waals surface area contributed by atoms with Crippen LogP contribution in [0.3, 0.4) is 0 Å². The Labute approximate surface area is 173 Å². The Morgan fingerprint density at radius 1 is 1.30 bits per heavy atom. The molecule has 4 rings (SSSR count). The number of esters is 1. The fourth-order valence-electron chi connectivity index (χ4n) is 4.42. The topological polar surface area (TPSA) is 80.6 Å². The Bertz CT molecular complexity index is 1090. The summed E-state index contributed by atoms with van der Waals surface area (Å²) in [6, 6.07) is 1.39. The average molecular weight is 415 g/mol. The number of carbonyl (C=O) groups excluding carboxylic acids is 2. The van der Waals surface area contributed by atoms with E-state index in [1.807, 2.05) is 16.4 Å². The summed E-state index contributed by atoms with van der Waals surface area (Å²) in [5.41, 5.74) is 1.22. The number of aromatic nitrogens is 1. The van der Waals surface area contributed by atoms with E-state index in [-0.39, 0.29) is 35.5 Å². The van der Waals surface area contributed by atoms with Gasteiger partial charge in [0, 0.05) is 43.7 Å².